The zero-order valence-electron chi connectivity index (χ0n) is 10.2. The predicted molar refractivity (Wildman–Crippen MR) is 67.5 cm³/mol. The van der Waals surface area contributed by atoms with Gasteiger partial charge in [0.1, 0.15) is 0 Å². The van der Waals surface area contributed by atoms with E-state index < -0.39 is 6.04 Å². The molecular weight excluding hydrogens is 200 g/mol. The first-order chi connectivity index (χ1) is 7.56. The van der Waals surface area contributed by atoms with Gasteiger partial charge in [-0.2, -0.15) is 0 Å². The van der Waals surface area contributed by atoms with Crippen LogP contribution in [-0.2, 0) is 4.79 Å². The molecule has 0 saturated carbocycles. The molecule has 16 heavy (non-hydrogen) atoms. The zero-order valence-corrected chi connectivity index (χ0v) is 10.2. The number of rotatable bonds is 4. The van der Waals surface area contributed by atoms with Crippen LogP contribution in [0.3, 0.4) is 0 Å². The van der Waals surface area contributed by atoms with Gasteiger partial charge in [0.05, 0.1) is 6.04 Å². The van der Waals surface area contributed by atoms with Crippen molar-refractivity contribution in [1.29, 1.82) is 0 Å². The molecule has 88 valence electrons. The molecule has 1 amide bonds. The van der Waals surface area contributed by atoms with E-state index in [1.165, 1.54) is 0 Å². The molecule has 1 atom stereocenters. The Balaban J connectivity index is 2.77. The van der Waals surface area contributed by atoms with Crippen molar-refractivity contribution in [2.45, 2.75) is 32.7 Å². The second-order valence-corrected chi connectivity index (χ2v) is 4.13. The number of nitrogens with two attached hydrogens (primary N) is 1. The fourth-order valence-corrected chi connectivity index (χ4v) is 1.65. The third-order valence-electron chi connectivity index (χ3n) is 2.64. The molecule has 0 heterocycles. The van der Waals surface area contributed by atoms with E-state index in [1.807, 2.05) is 38.1 Å². The first kappa shape index (κ1) is 12.7. The van der Waals surface area contributed by atoms with E-state index in [4.69, 9.17) is 5.73 Å². The lowest BCUT2D eigenvalue weighted by atomic mass is 10.1. The summed E-state index contributed by atoms with van der Waals surface area (Å²) in [6.07, 6.45) is 1.66. The van der Waals surface area contributed by atoms with Gasteiger partial charge >= 0.3 is 0 Å². The minimum absolute atomic E-state index is 0.0209. The fourth-order valence-electron chi connectivity index (χ4n) is 1.65. The zero-order chi connectivity index (χ0) is 12.1. The summed E-state index contributed by atoms with van der Waals surface area (Å²) in [5, 5.41) is 0. The van der Waals surface area contributed by atoms with Gasteiger partial charge in [-0.25, -0.2) is 0 Å². The summed E-state index contributed by atoms with van der Waals surface area (Å²) in [4.78, 5) is 13.6. The van der Waals surface area contributed by atoms with E-state index in [9.17, 15) is 4.79 Å². The van der Waals surface area contributed by atoms with E-state index in [0.717, 1.165) is 24.1 Å². The number of nitrogens with zero attached hydrogens (tertiary/aromatic N) is 1. The number of aryl methyl sites for hydroxylation is 1. The van der Waals surface area contributed by atoms with Crippen LogP contribution in [0.25, 0.3) is 0 Å². The molecule has 0 radical (unpaired) electrons. The van der Waals surface area contributed by atoms with Gasteiger partial charge in [0.25, 0.3) is 0 Å². The molecular formula is C13H20N2O. The molecule has 0 bridgehead atoms. The number of amides is 1. The van der Waals surface area contributed by atoms with Crippen LogP contribution in [0.4, 0.5) is 5.69 Å². The normalized spacial score (nSPS) is 12.2. The first-order valence-corrected chi connectivity index (χ1v) is 5.66. The topological polar surface area (TPSA) is 46.3 Å². The Hall–Kier alpha value is -1.35. The highest BCUT2D eigenvalue weighted by atomic mass is 16.2. The summed E-state index contributed by atoms with van der Waals surface area (Å²) >= 11 is 0. The Morgan fingerprint density at radius 3 is 2.75 bits per heavy atom. The number of anilines is 1. The van der Waals surface area contributed by atoms with Crippen LogP contribution in [0.15, 0.2) is 24.3 Å². The Labute approximate surface area is 97.2 Å². The van der Waals surface area contributed by atoms with Gasteiger partial charge in [0, 0.05) is 12.7 Å². The molecule has 0 aliphatic carbocycles. The maximum Gasteiger partial charge on any atom is 0.243 e. The summed E-state index contributed by atoms with van der Waals surface area (Å²) in [5.74, 6) is -0.0209. The number of benzene rings is 1. The summed E-state index contributed by atoms with van der Waals surface area (Å²) in [6.45, 7) is 4.04. The number of hydrogen-bond acceptors (Lipinski definition) is 2. The van der Waals surface area contributed by atoms with Crippen molar-refractivity contribution in [2.24, 2.45) is 5.73 Å². The minimum atomic E-state index is -0.393. The van der Waals surface area contributed by atoms with Crippen LogP contribution >= 0.6 is 0 Å². The molecule has 3 nitrogen and oxygen atoms in total. The molecule has 0 spiro atoms. The summed E-state index contributed by atoms with van der Waals surface area (Å²) in [7, 11) is 1.77. The van der Waals surface area contributed by atoms with Crippen molar-refractivity contribution in [3.05, 3.63) is 29.8 Å². The quantitative estimate of drug-likeness (QED) is 0.844. The smallest absolute Gasteiger partial charge is 0.243 e. The summed E-state index contributed by atoms with van der Waals surface area (Å²) < 4.78 is 0. The van der Waals surface area contributed by atoms with Crippen LogP contribution < -0.4 is 10.6 Å². The highest BCUT2D eigenvalue weighted by Gasteiger charge is 2.18. The van der Waals surface area contributed by atoms with Gasteiger partial charge < -0.3 is 10.6 Å². The van der Waals surface area contributed by atoms with Crippen molar-refractivity contribution < 1.29 is 4.79 Å². The molecule has 3 heteroatoms. The minimum Gasteiger partial charge on any atom is -0.320 e. The molecule has 1 rings (SSSR count). The molecule has 0 aromatic heterocycles. The maximum absolute atomic E-state index is 11.9. The Bertz CT molecular complexity index is 363. The van der Waals surface area contributed by atoms with E-state index >= 15 is 0 Å². The lowest BCUT2D eigenvalue weighted by Crippen LogP contribution is -2.41. The Kier molecular flexibility index (Phi) is 4.50. The van der Waals surface area contributed by atoms with Gasteiger partial charge in [-0.3, -0.25) is 4.79 Å². The third-order valence-corrected chi connectivity index (χ3v) is 2.64. The first-order valence-electron chi connectivity index (χ1n) is 5.66. The van der Waals surface area contributed by atoms with Crippen LogP contribution in [0.5, 0.6) is 0 Å². The van der Waals surface area contributed by atoms with Crippen molar-refractivity contribution in [1.82, 2.24) is 0 Å². The van der Waals surface area contributed by atoms with Gasteiger partial charge in [0.2, 0.25) is 5.91 Å². The largest absolute Gasteiger partial charge is 0.320 e. The monoisotopic (exact) mass is 220 g/mol. The van der Waals surface area contributed by atoms with Gasteiger partial charge in [-0.15, -0.1) is 0 Å². The number of carbonyl (C=O) groups excluding carboxylic acids is 1. The van der Waals surface area contributed by atoms with E-state index in [2.05, 4.69) is 0 Å². The molecule has 2 N–H and O–H groups in total. The van der Waals surface area contributed by atoms with Crippen molar-refractivity contribution >= 4 is 11.6 Å². The van der Waals surface area contributed by atoms with Crippen molar-refractivity contribution in [3.8, 4) is 0 Å². The number of likely N-dealkylation sites (N-methyl/N-ethyl adjacent to an activating group) is 1. The van der Waals surface area contributed by atoms with Crippen LogP contribution in [-0.4, -0.2) is 19.0 Å². The van der Waals surface area contributed by atoms with Crippen LogP contribution in [0.2, 0.25) is 0 Å². The maximum atomic E-state index is 11.9. The van der Waals surface area contributed by atoms with Crippen LogP contribution in [0, 0.1) is 6.92 Å². The molecule has 0 saturated heterocycles. The molecule has 0 aliphatic rings. The standard InChI is InChI=1S/C13H20N2O/c1-4-6-12(14)13(16)15(3)11-8-5-7-10(2)9-11/h5,7-9,12H,4,6,14H2,1-3H3/t12-/m1/s1. The summed E-state index contributed by atoms with van der Waals surface area (Å²) in [6, 6.07) is 7.46. The fraction of sp³-hybridized carbons (Fsp3) is 0.462. The lowest BCUT2D eigenvalue weighted by Gasteiger charge is -2.21. The molecule has 0 fully saturated rings. The van der Waals surface area contributed by atoms with Crippen molar-refractivity contribution in [2.75, 3.05) is 11.9 Å². The highest BCUT2D eigenvalue weighted by Crippen LogP contribution is 2.15. The second-order valence-electron chi connectivity index (χ2n) is 4.13. The predicted octanol–water partition coefficient (Wildman–Crippen LogP) is 2.09. The Morgan fingerprint density at radius 2 is 2.19 bits per heavy atom. The Morgan fingerprint density at radius 1 is 1.50 bits per heavy atom. The van der Waals surface area contributed by atoms with Crippen molar-refractivity contribution in [3.63, 3.8) is 0 Å². The van der Waals surface area contributed by atoms with E-state index in [1.54, 1.807) is 11.9 Å². The molecule has 0 unspecified atom stereocenters. The van der Waals surface area contributed by atoms with Crippen LogP contribution in [0.1, 0.15) is 25.3 Å². The lowest BCUT2D eigenvalue weighted by molar-refractivity contribution is -0.119. The van der Waals surface area contributed by atoms with E-state index in [0.29, 0.717) is 0 Å². The average Bonchev–Trinajstić information content (AvgIpc) is 2.27. The SMILES string of the molecule is CCC[C@@H](N)C(=O)N(C)c1cccc(C)c1. The number of hydrogen-bond donors (Lipinski definition) is 1. The molecule has 1 aromatic carbocycles. The van der Waals surface area contributed by atoms with E-state index in [-0.39, 0.29) is 5.91 Å². The average molecular weight is 220 g/mol. The van der Waals surface area contributed by atoms with Gasteiger partial charge in [0.15, 0.2) is 0 Å². The second kappa shape index (κ2) is 5.66. The molecule has 1 aromatic rings. The highest BCUT2D eigenvalue weighted by molar-refractivity contribution is 5.96. The molecule has 0 aliphatic heterocycles. The summed E-state index contributed by atoms with van der Waals surface area (Å²) in [5.41, 5.74) is 7.85. The third kappa shape index (κ3) is 3.07. The van der Waals surface area contributed by atoms with Gasteiger partial charge in [-0.1, -0.05) is 25.5 Å². The van der Waals surface area contributed by atoms with Gasteiger partial charge in [-0.05, 0) is 31.0 Å². The number of carbonyl (C=O) groups is 1.